The van der Waals surface area contributed by atoms with Gasteiger partial charge in [-0.25, -0.2) is 4.79 Å². The van der Waals surface area contributed by atoms with Gasteiger partial charge in [-0.3, -0.25) is 19.5 Å². The molecule has 0 saturated carbocycles. The van der Waals surface area contributed by atoms with Crippen LogP contribution in [-0.2, 0) is 15.1 Å². The van der Waals surface area contributed by atoms with Gasteiger partial charge in [0.2, 0.25) is 5.91 Å². The number of nitriles is 1. The SMILES string of the molecule is CCOc1ccc(N(CCC#N)C(=O)CN2C(=O)NC(C)(c3ccccn3)C2=O)cc1. The minimum Gasteiger partial charge on any atom is -0.494 e. The van der Waals surface area contributed by atoms with E-state index in [2.05, 4.69) is 10.3 Å². The van der Waals surface area contributed by atoms with Gasteiger partial charge in [0, 0.05) is 18.4 Å². The Morgan fingerprint density at radius 2 is 2.00 bits per heavy atom. The Kier molecular flexibility index (Phi) is 6.50. The number of carbonyl (C=O) groups is 3. The highest BCUT2D eigenvalue weighted by Gasteiger charge is 2.50. The van der Waals surface area contributed by atoms with Crippen molar-refractivity contribution < 1.29 is 19.1 Å². The smallest absolute Gasteiger partial charge is 0.325 e. The molecule has 3 rings (SSSR count). The van der Waals surface area contributed by atoms with Gasteiger partial charge in [0.15, 0.2) is 5.54 Å². The molecule has 0 radical (unpaired) electrons. The normalized spacial score (nSPS) is 17.8. The minimum atomic E-state index is -1.35. The summed E-state index contributed by atoms with van der Waals surface area (Å²) in [5.41, 5.74) is -0.422. The van der Waals surface area contributed by atoms with E-state index in [4.69, 9.17) is 10.00 Å². The molecule has 0 bridgehead atoms. The number of rotatable bonds is 8. The number of hydrogen-bond donors (Lipinski definition) is 1. The molecule has 1 N–H and O–H groups in total. The minimum absolute atomic E-state index is 0.102. The molecular formula is C22H23N5O4. The Balaban J connectivity index is 1.80. The number of pyridine rings is 1. The second-order valence-electron chi connectivity index (χ2n) is 7.04. The van der Waals surface area contributed by atoms with Gasteiger partial charge in [-0.1, -0.05) is 6.07 Å². The lowest BCUT2D eigenvalue weighted by Crippen LogP contribution is -2.45. The van der Waals surface area contributed by atoms with Gasteiger partial charge in [-0.2, -0.15) is 5.26 Å². The number of ether oxygens (including phenoxy) is 1. The summed E-state index contributed by atoms with van der Waals surface area (Å²) in [6.45, 7) is 3.61. The molecule has 1 aromatic heterocycles. The van der Waals surface area contributed by atoms with Crippen molar-refractivity contribution >= 4 is 23.5 Å². The van der Waals surface area contributed by atoms with Crippen LogP contribution in [0.2, 0.25) is 0 Å². The van der Waals surface area contributed by atoms with Gasteiger partial charge in [0.1, 0.15) is 12.3 Å². The van der Waals surface area contributed by atoms with Crippen LogP contribution < -0.4 is 15.0 Å². The van der Waals surface area contributed by atoms with Crippen LogP contribution in [0.5, 0.6) is 5.75 Å². The molecule has 0 spiro atoms. The molecular weight excluding hydrogens is 398 g/mol. The van der Waals surface area contributed by atoms with Crippen molar-refractivity contribution in [3.8, 4) is 11.8 Å². The molecule has 160 valence electrons. The quantitative estimate of drug-likeness (QED) is 0.653. The number of anilines is 1. The molecule has 1 saturated heterocycles. The number of nitrogens with one attached hydrogen (secondary N) is 1. The van der Waals surface area contributed by atoms with E-state index >= 15 is 0 Å². The number of amides is 4. The zero-order chi connectivity index (χ0) is 22.4. The fourth-order valence-electron chi connectivity index (χ4n) is 3.34. The second-order valence-corrected chi connectivity index (χ2v) is 7.04. The topological polar surface area (TPSA) is 116 Å². The van der Waals surface area contributed by atoms with Crippen LogP contribution in [0.15, 0.2) is 48.7 Å². The highest BCUT2D eigenvalue weighted by atomic mass is 16.5. The van der Waals surface area contributed by atoms with Crippen LogP contribution in [0.3, 0.4) is 0 Å². The zero-order valence-corrected chi connectivity index (χ0v) is 17.4. The lowest BCUT2D eigenvalue weighted by Gasteiger charge is -2.25. The van der Waals surface area contributed by atoms with Crippen molar-refractivity contribution in [2.45, 2.75) is 25.8 Å². The predicted octanol–water partition coefficient (Wildman–Crippen LogP) is 2.19. The fraction of sp³-hybridized carbons (Fsp3) is 0.318. The van der Waals surface area contributed by atoms with Crippen LogP contribution in [0.1, 0.15) is 26.0 Å². The van der Waals surface area contributed by atoms with Crippen molar-refractivity contribution in [2.75, 3.05) is 24.6 Å². The Labute approximate surface area is 180 Å². The monoisotopic (exact) mass is 421 g/mol. The van der Waals surface area contributed by atoms with E-state index in [1.807, 2.05) is 13.0 Å². The maximum absolute atomic E-state index is 13.1. The van der Waals surface area contributed by atoms with Gasteiger partial charge < -0.3 is 15.0 Å². The molecule has 9 heteroatoms. The highest BCUT2D eigenvalue weighted by Crippen LogP contribution is 2.27. The van der Waals surface area contributed by atoms with Gasteiger partial charge in [0.25, 0.3) is 5.91 Å². The number of carbonyl (C=O) groups excluding carboxylic acids is 3. The Bertz CT molecular complexity index is 1000. The van der Waals surface area contributed by atoms with Crippen molar-refractivity contribution in [1.82, 2.24) is 15.2 Å². The maximum Gasteiger partial charge on any atom is 0.325 e. The molecule has 2 aromatic rings. The average molecular weight is 421 g/mol. The Morgan fingerprint density at radius 3 is 2.61 bits per heavy atom. The van der Waals surface area contributed by atoms with Crippen molar-refractivity contribution in [3.05, 3.63) is 54.4 Å². The molecule has 9 nitrogen and oxygen atoms in total. The third-order valence-corrected chi connectivity index (χ3v) is 4.95. The van der Waals surface area contributed by atoms with Crippen LogP contribution in [0.4, 0.5) is 10.5 Å². The molecule has 1 aliphatic heterocycles. The standard InChI is InChI=1S/C22H23N5O4/c1-3-31-17-10-8-16(9-11-17)26(14-6-12-23)19(28)15-27-20(29)22(2,25-21(27)30)18-7-4-5-13-24-18/h4-5,7-11,13H,3,6,14-15H2,1-2H3,(H,25,30). The molecule has 1 aromatic carbocycles. The van der Waals surface area contributed by atoms with E-state index in [1.165, 1.54) is 11.1 Å². The Hall–Kier alpha value is -3.93. The Morgan fingerprint density at radius 1 is 1.26 bits per heavy atom. The summed E-state index contributed by atoms with van der Waals surface area (Å²) in [5.74, 6) is -0.385. The summed E-state index contributed by atoms with van der Waals surface area (Å²) in [7, 11) is 0. The summed E-state index contributed by atoms with van der Waals surface area (Å²) in [4.78, 5) is 45.0. The van der Waals surface area contributed by atoms with Crippen LogP contribution in [-0.4, -0.2) is 47.4 Å². The zero-order valence-electron chi connectivity index (χ0n) is 17.4. The number of imide groups is 1. The highest BCUT2D eigenvalue weighted by molar-refractivity contribution is 6.10. The van der Waals surface area contributed by atoms with Crippen LogP contribution in [0, 0.1) is 11.3 Å². The van der Waals surface area contributed by atoms with E-state index in [1.54, 1.807) is 49.4 Å². The van der Waals surface area contributed by atoms with Crippen LogP contribution in [0.25, 0.3) is 0 Å². The lowest BCUT2D eigenvalue weighted by atomic mass is 9.97. The van der Waals surface area contributed by atoms with E-state index in [-0.39, 0.29) is 13.0 Å². The molecule has 1 fully saturated rings. The molecule has 1 atom stereocenters. The maximum atomic E-state index is 13.1. The first-order valence-corrected chi connectivity index (χ1v) is 9.86. The molecule has 1 unspecified atom stereocenters. The number of nitrogens with zero attached hydrogens (tertiary/aromatic N) is 4. The fourth-order valence-corrected chi connectivity index (χ4v) is 3.34. The second kappa shape index (κ2) is 9.26. The first-order valence-electron chi connectivity index (χ1n) is 9.86. The largest absolute Gasteiger partial charge is 0.494 e. The summed E-state index contributed by atoms with van der Waals surface area (Å²) in [6.07, 6.45) is 1.63. The lowest BCUT2D eigenvalue weighted by molar-refractivity contribution is -0.134. The molecule has 4 amide bonds. The molecule has 2 heterocycles. The predicted molar refractivity (Wildman–Crippen MR) is 112 cm³/mol. The first kappa shape index (κ1) is 21.8. The number of urea groups is 1. The number of benzene rings is 1. The van der Waals surface area contributed by atoms with E-state index < -0.39 is 29.9 Å². The third kappa shape index (κ3) is 4.48. The van der Waals surface area contributed by atoms with Gasteiger partial charge in [-0.15, -0.1) is 0 Å². The summed E-state index contributed by atoms with van der Waals surface area (Å²) in [6, 6.07) is 13.2. The van der Waals surface area contributed by atoms with Crippen molar-refractivity contribution in [1.29, 1.82) is 5.26 Å². The van der Waals surface area contributed by atoms with E-state index in [9.17, 15) is 14.4 Å². The third-order valence-electron chi connectivity index (χ3n) is 4.95. The van der Waals surface area contributed by atoms with Crippen molar-refractivity contribution in [3.63, 3.8) is 0 Å². The van der Waals surface area contributed by atoms with E-state index in [0.29, 0.717) is 23.7 Å². The molecule has 0 aliphatic carbocycles. The summed E-state index contributed by atoms with van der Waals surface area (Å²) < 4.78 is 5.42. The van der Waals surface area contributed by atoms with Gasteiger partial charge in [-0.05, 0) is 50.2 Å². The molecule has 1 aliphatic rings. The summed E-state index contributed by atoms with van der Waals surface area (Å²) >= 11 is 0. The van der Waals surface area contributed by atoms with Gasteiger partial charge >= 0.3 is 6.03 Å². The first-order chi connectivity index (χ1) is 14.9. The summed E-state index contributed by atoms with van der Waals surface area (Å²) in [5, 5.41) is 11.6. The molecule has 31 heavy (non-hydrogen) atoms. The number of hydrogen-bond acceptors (Lipinski definition) is 6. The van der Waals surface area contributed by atoms with Gasteiger partial charge in [0.05, 0.1) is 24.8 Å². The number of aromatic nitrogens is 1. The van der Waals surface area contributed by atoms with E-state index in [0.717, 1.165) is 4.90 Å². The van der Waals surface area contributed by atoms with Crippen molar-refractivity contribution in [2.24, 2.45) is 0 Å². The average Bonchev–Trinajstić information content (AvgIpc) is 3.00. The van der Waals surface area contributed by atoms with Crippen LogP contribution >= 0.6 is 0 Å².